The Bertz CT molecular complexity index is 23.6. The van der Waals surface area contributed by atoms with Crippen molar-refractivity contribution in [3.05, 3.63) is 0 Å². The van der Waals surface area contributed by atoms with Gasteiger partial charge in [0, 0.05) is 0 Å². The van der Waals surface area contributed by atoms with Gasteiger partial charge in [0.25, 0.3) is 0 Å². The van der Waals surface area contributed by atoms with E-state index >= 15 is 0 Å². The molecule has 4 heteroatoms. The highest BCUT2D eigenvalue weighted by Gasteiger charge is 2.05. The number of hydrogen-bond acceptors (Lipinski definition) is 1. The molecule has 0 aliphatic carbocycles. The normalized spacial score (nSPS) is 7.80. The van der Waals surface area contributed by atoms with Crippen LogP contribution in [0.5, 0.6) is 0 Å². The van der Waals surface area contributed by atoms with E-state index in [4.69, 9.17) is 0 Å². The van der Waals surface area contributed by atoms with Crippen LogP contribution in [-0.4, -0.2) is 12.8 Å². The van der Waals surface area contributed by atoms with Crippen LogP contribution in [0.25, 0.3) is 0 Å². The first-order chi connectivity index (χ1) is 2.27. The molecule has 0 fully saturated rings. The number of rotatable bonds is 1. The maximum atomic E-state index is 10.7. The van der Waals surface area contributed by atoms with Gasteiger partial charge >= 0.3 is 6.55 Å². The van der Waals surface area contributed by atoms with Gasteiger partial charge in [0.15, 0.2) is 0 Å². The lowest BCUT2D eigenvalue weighted by Gasteiger charge is -1.74. The van der Waals surface area contributed by atoms with Crippen LogP contribution in [0.15, 0.2) is 0 Å². The molecule has 0 rings (SSSR count). The van der Waals surface area contributed by atoms with Gasteiger partial charge < -0.3 is 0 Å². The SMILES string of the molecule is CSB(F)F. The Morgan fingerprint density at radius 1 is 1.60 bits per heavy atom. The van der Waals surface area contributed by atoms with Gasteiger partial charge in [-0.25, -0.2) is 0 Å². The molecular formula is CH3BF2S. The third kappa shape index (κ3) is 4.27. The van der Waals surface area contributed by atoms with Gasteiger partial charge in [-0.1, -0.05) is 0 Å². The van der Waals surface area contributed by atoms with Gasteiger partial charge in [0.1, 0.15) is 0 Å². The predicted molar refractivity (Wildman–Crippen MR) is 21.5 cm³/mol. The van der Waals surface area contributed by atoms with E-state index in [2.05, 4.69) is 0 Å². The first kappa shape index (κ1) is 5.27. The molecule has 0 aromatic carbocycles. The van der Waals surface area contributed by atoms with Crippen LogP contribution in [0, 0.1) is 0 Å². The lowest BCUT2D eigenvalue weighted by atomic mass is 10.5. The van der Waals surface area contributed by atoms with Gasteiger partial charge in [-0.2, -0.15) is 0 Å². The van der Waals surface area contributed by atoms with E-state index in [-0.39, 0.29) is 0 Å². The molecule has 0 spiro atoms. The summed E-state index contributed by atoms with van der Waals surface area (Å²) >= 11 is 0.546. The van der Waals surface area contributed by atoms with E-state index in [9.17, 15) is 8.63 Å². The molecule has 0 saturated heterocycles. The minimum atomic E-state index is -2.20. The molecule has 0 aromatic heterocycles. The molecule has 0 saturated carbocycles. The maximum absolute atomic E-state index is 10.7. The Morgan fingerprint density at radius 2 is 1.80 bits per heavy atom. The molecule has 0 amide bonds. The van der Waals surface area contributed by atoms with Gasteiger partial charge in [-0.3, -0.25) is 8.63 Å². The van der Waals surface area contributed by atoms with Gasteiger partial charge in [0.05, 0.1) is 0 Å². The zero-order valence-corrected chi connectivity index (χ0v) is 3.56. The number of hydrogen-bond donors (Lipinski definition) is 0. The molecule has 0 aliphatic rings. The quantitative estimate of drug-likeness (QED) is 0.443. The zero-order chi connectivity index (χ0) is 4.28. The van der Waals surface area contributed by atoms with E-state index in [0.717, 1.165) is 0 Å². The number of halogens is 2. The molecule has 0 unspecified atom stereocenters. The summed E-state index contributed by atoms with van der Waals surface area (Å²) in [5.74, 6) is 0. The molecule has 0 aromatic rings. The average molecular weight is 95.9 g/mol. The van der Waals surface area contributed by atoms with E-state index < -0.39 is 6.55 Å². The summed E-state index contributed by atoms with van der Waals surface area (Å²) in [7, 11) is 0. The molecule has 30 valence electrons. The molecule has 0 bridgehead atoms. The Hall–Kier alpha value is 0.275. The predicted octanol–water partition coefficient (Wildman–Crippen LogP) is 1.27. The van der Waals surface area contributed by atoms with Crippen LogP contribution < -0.4 is 0 Å². The summed E-state index contributed by atoms with van der Waals surface area (Å²) in [6.45, 7) is -2.20. The highest BCUT2D eigenvalue weighted by atomic mass is 32.2. The first-order valence-electron chi connectivity index (χ1n) is 1.08. The summed E-state index contributed by atoms with van der Waals surface area (Å²) in [4.78, 5) is 0. The first-order valence-corrected chi connectivity index (χ1v) is 2.37. The summed E-state index contributed by atoms with van der Waals surface area (Å²) in [6, 6.07) is 0. The second kappa shape index (κ2) is 2.51. The van der Waals surface area contributed by atoms with Crippen molar-refractivity contribution in [2.45, 2.75) is 0 Å². The lowest BCUT2D eigenvalue weighted by Crippen LogP contribution is -1.82. The van der Waals surface area contributed by atoms with Crippen LogP contribution in [-0.2, 0) is 0 Å². The molecule has 0 atom stereocenters. The van der Waals surface area contributed by atoms with Crippen molar-refractivity contribution in [1.29, 1.82) is 0 Å². The van der Waals surface area contributed by atoms with Gasteiger partial charge in [-0.15, -0.1) is 11.6 Å². The largest absolute Gasteiger partial charge is 0.608 e. The fourth-order valence-corrected chi connectivity index (χ4v) is 0. The van der Waals surface area contributed by atoms with E-state index in [1.807, 2.05) is 0 Å². The van der Waals surface area contributed by atoms with Crippen LogP contribution >= 0.6 is 11.6 Å². The van der Waals surface area contributed by atoms with Crippen molar-refractivity contribution < 1.29 is 8.63 Å². The molecular weight excluding hydrogens is 92.9 g/mol. The second-order valence-corrected chi connectivity index (χ2v) is 1.32. The zero-order valence-electron chi connectivity index (χ0n) is 2.74. The van der Waals surface area contributed by atoms with E-state index in [0.29, 0.717) is 11.6 Å². The topological polar surface area (TPSA) is 0 Å². The van der Waals surface area contributed by atoms with Crippen LogP contribution in [0.3, 0.4) is 0 Å². The van der Waals surface area contributed by atoms with Gasteiger partial charge in [-0.05, 0) is 6.26 Å². The molecule has 0 heterocycles. The van der Waals surface area contributed by atoms with Crippen molar-refractivity contribution >= 4 is 18.2 Å². The second-order valence-electron chi connectivity index (χ2n) is 0.496. The minimum Gasteiger partial charge on any atom is -0.275 e. The summed E-state index contributed by atoms with van der Waals surface area (Å²) in [6.07, 6.45) is 1.37. The van der Waals surface area contributed by atoms with Crippen molar-refractivity contribution in [3.8, 4) is 0 Å². The van der Waals surface area contributed by atoms with Gasteiger partial charge in [0.2, 0.25) is 0 Å². The third-order valence-corrected chi connectivity index (χ3v) is 0.535. The highest BCUT2D eigenvalue weighted by molar-refractivity contribution is 8.23. The molecule has 0 radical (unpaired) electrons. The smallest absolute Gasteiger partial charge is 0.275 e. The summed E-state index contributed by atoms with van der Waals surface area (Å²) in [5, 5.41) is 0. The Kier molecular flexibility index (Phi) is 2.65. The average Bonchev–Trinajstić information content (AvgIpc) is 1.38. The molecule has 0 aliphatic heterocycles. The molecule has 0 nitrogen and oxygen atoms in total. The Labute approximate surface area is 34.0 Å². The fraction of sp³-hybridized carbons (Fsp3) is 1.00. The van der Waals surface area contributed by atoms with Crippen molar-refractivity contribution in [1.82, 2.24) is 0 Å². The maximum Gasteiger partial charge on any atom is 0.608 e. The third-order valence-electron chi connectivity index (χ3n) is 0.178. The van der Waals surface area contributed by atoms with Crippen LogP contribution in [0.2, 0.25) is 0 Å². The molecule has 0 N–H and O–H groups in total. The summed E-state index contributed by atoms with van der Waals surface area (Å²) in [5.41, 5.74) is 0. The Morgan fingerprint density at radius 3 is 1.80 bits per heavy atom. The monoisotopic (exact) mass is 96.0 g/mol. The van der Waals surface area contributed by atoms with Crippen molar-refractivity contribution in [2.24, 2.45) is 0 Å². The van der Waals surface area contributed by atoms with Crippen LogP contribution in [0.4, 0.5) is 8.63 Å². The Balaban J connectivity index is 2.54. The lowest BCUT2D eigenvalue weighted by molar-refractivity contribution is 0.701. The van der Waals surface area contributed by atoms with Crippen molar-refractivity contribution in [3.63, 3.8) is 0 Å². The van der Waals surface area contributed by atoms with Crippen molar-refractivity contribution in [2.75, 3.05) is 6.26 Å². The summed E-state index contributed by atoms with van der Waals surface area (Å²) < 4.78 is 21.5. The fourth-order valence-electron chi connectivity index (χ4n) is 0. The van der Waals surface area contributed by atoms with E-state index in [1.54, 1.807) is 0 Å². The highest BCUT2D eigenvalue weighted by Crippen LogP contribution is 2.00. The minimum absolute atomic E-state index is 0.546. The molecule has 5 heavy (non-hydrogen) atoms. The van der Waals surface area contributed by atoms with Crippen LogP contribution in [0.1, 0.15) is 0 Å². The standard InChI is InChI=1S/CH3BF2S/c1-5-2(3)4/h1H3. The van der Waals surface area contributed by atoms with E-state index in [1.165, 1.54) is 6.26 Å².